The maximum absolute atomic E-state index is 13.1. The van der Waals surface area contributed by atoms with Gasteiger partial charge in [-0.05, 0) is 42.1 Å². The molecule has 1 N–H and O–H groups in total. The zero-order chi connectivity index (χ0) is 21.3. The lowest BCUT2D eigenvalue weighted by Gasteiger charge is -2.23. The second kappa shape index (κ2) is 8.50. The van der Waals surface area contributed by atoms with Crippen LogP contribution < -0.4 is 5.32 Å². The smallest absolute Gasteiger partial charge is 0.253 e. The third-order valence-corrected chi connectivity index (χ3v) is 8.84. The monoisotopic (exact) mass is 464 g/mol. The van der Waals surface area contributed by atoms with Crippen LogP contribution in [0.5, 0.6) is 0 Å². The Hall–Kier alpha value is -2.20. The topological polar surface area (TPSA) is 82.6 Å². The number of nitrogens with one attached hydrogen (secondary N) is 1. The van der Waals surface area contributed by atoms with Crippen LogP contribution in [0.2, 0.25) is 5.02 Å². The summed E-state index contributed by atoms with van der Waals surface area (Å²) in [6, 6.07) is 9.93. The molecule has 3 aromatic rings. The number of nitrogens with zero attached hydrogens (tertiary/aromatic N) is 3. The highest BCUT2D eigenvalue weighted by molar-refractivity contribution is 7.91. The predicted octanol–water partition coefficient (Wildman–Crippen LogP) is 3.28. The Morgan fingerprint density at radius 3 is 2.80 bits per heavy atom. The minimum Gasteiger partial charge on any atom is -0.383 e. The summed E-state index contributed by atoms with van der Waals surface area (Å²) in [6.45, 7) is 1.62. The summed E-state index contributed by atoms with van der Waals surface area (Å²) < 4.78 is 28.5. The molecular formula is C20H21ClN4O3S2. The van der Waals surface area contributed by atoms with Gasteiger partial charge in [0, 0.05) is 54.5 Å². The minimum atomic E-state index is -3.78. The zero-order valence-corrected chi connectivity index (χ0v) is 18.7. The Kier molecular flexibility index (Phi) is 5.97. The first kappa shape index (κ1) is 21.0. The first-order valence-corrected chi connectivity index (χ1v) is 12.1. The van der Waals surface area contributed by atoms with Crippen LogP contribution >= 0.6 is 22.9 Å². The molecule has 1 atom stereocenters. The number of hydrogen-bond acceptors (Lipinski definition) is 6. The van der Waals surface area contributed by atoms with Gasteiger partial charge in [0.1, 0.15) is 10.3 Å². The number of aromatic nitrogens is 1. The largest absolute Gasteiger partial charge is 0.383 e. The number of amides is 1. The van der Waals surface area contributed by atoms with Crippen molar-refractivity contribution in [3.05, 3.63) is 53.8 Å². The number of thiophene rings is 1. The molecule has 4 rings (SSSR count). The second-order valence-electron chi connectivity index (χ2n) is 7.06. The lowest BCUT2D eigenvalue weighted by molar-refractivity contribution is -0.130. The van der Waals surface area contributed by atoms with Gasteiger partial charge in [0.05, 0.1) is 0 Å². The Bertz CT molecular complexity index is 1170. The van der Waals surface area contributed by atoms with E-state index in [2.05, 4.69) is 10.3 Å². The number of pyridine rings is 1. The van der Waals surface area contributed by atoms with Crippen LogP contribution in [0.3, 0.4) is 0 Å². The highest BCUT2D eigenvalue weighted by Crippen LogP contribution is 2.33. The summed E-state index contributed by atoms with van der Waals surface area (Å²) in [5, 5.41) is 4.61. The fraction of sp³-hybridized carbons (Fsp3) is 0.300. The van der Waals surface area contributed by atoms with Crippen molar-refractivity contribution in [1.82, 2.24) is 14.2 Å². The van der Waals surface area contributed by atoms with Crippen molar-refractivity contribution in [3.8, 4) is 0 Å². The number of halogens is 1. The lowest BCUT2D eigenvalue weighted by Crippen LogP contribution is -2.43. The fourth-order valence-corrected chi connectivity index (χ4v) is 6.71. The van der Waals surface area contributed by atoms with E-state index in [1.165, 1.54) is 11.4 Å². The molecule has 0 bridgehead atoms. The van der Waals surface area contributed by atoms with Crippen LogP contribution in [0.15, 0.2) is 53.0 Å². The maximum Gasteiger partial charge on any atom is 0.253 e. The van der Waals surface area contributed by atoms with Gasteiger partial charge in [-0.25, -0.2) is 8.42 Å². The molecule has 1 fully saturated rings. The molecule has 7 nitrogen and oxygen atoms in total. The van der Waals surface area contributed by atoms with E-state index in [1.807, 2.05) is 12.1 Å². The summed E-state index contributed by atoms with van der Waals surface area (Å²) >= 11 is 7.18. The molecule has 30 heavy (non-hydrogen) atoms. The third-order valence-electron chi connectivity index (χ3n) is 5.19. The van der Waals surface area contributed by atoms with Gasteiger partial charge in [0.2, 0.25) is 5.91 Å². The van der Waals surface area contributed by atoms with Crippen LogP contribution in [0.25, 0.3) is 10.1 Å². The fourth-order valence-electron chi connectivity index (χ4n) is 3.50. The maximum atomic E-state index is 13.1. The second-order valence-corrected chi connectivity index (χ2v) is 10.8. The van der Waals surface area contributed by atoms with E-state index in [0.717, 1.165) is 27.1 Å². The van der Waals surface area contributed by atoms with Crippen LogP contribution in [0, 0.1) is 0 Å². The van der Waals surface area contributed by atoms with Crippen LogP contribution in [0.1, 0.15) is 6.42 Å². The molecule has 10 heteroatoms. The number of hydrogen-bond donors (Lipinski definition) is 1. The molecule has 0 spiro atoms. The van der Waals surface area contributed by atoms with E-state index in [9.17, 15) is 13.2 Å². The average Bonchev–Trinajstić information content (AvgIpc) is 3.32. The Labute approximate surface area is 184 Å². The van der Waals surface area contributed by atoms with Crippen molar-refractivity contribution in [2.24, 2.45) is 0 Å². The van der Waals surface area contributed by atoms with Crippen molar-refractivity contribution in [2.45, 2.75) is 16.7 Å². The molecule has 1 aliphatic rings. The Balaban J connectivity index is 1.43. The number of fused-ring (bicyclic) bond motifs is 1. The number of carbonyl (C=O) groups is 1. The van der Waals surface area contributed by atoms with Crippen molar-refractivity contribution < 1.29 is 13.2 Å². The molecule has 1 saturated heterocycles. The van der Waals surface area contributed by atoms with Crippen LogP contribution in [0.4, 0.5) is 5.69 Å². The normalized spacial score (nSPS) is 17.2. The third kappa shape index (κ3) is 4.15. The molecule has 2 aromatic heterocycles. The zero-order valence-electron chi connectivity index (χ0n) is 16.3. The number of anilines is 1. The Morgan fingerprint density at radius 2 is 2.03 bits per heavy atom. The number of likely N-dealkylation sites (N-methyl/N-ethyl adjacent to an activating group) is 1. The van der Waals surface area contributed by atoms with Crippen molar-refractivity contribution in [3.63, 3.8) is 0 Å². The molecule has 0 radical (unpaired) electrons. The quantitative estimate of drug-likeness (QED) is 0.580. The molecule has 1 unspecified atom stereocenters. The van der Waals surface area contributed by atoms with Crippen molar-refractivity contribution >= 4 is 54.6 Å². The van der Waals surface area contributed by atoms with Crippen molar-refractivity contribution in [2.75, 3.05) is 32.0 Å². The molecule has 0 saturated carbocycles. The van der Waals surface area contributed by atoms with E-state index < -0.39 is 16.1 Å². The lowest BCUT2D eigenvalue weighted by atomic mass is 10.2. The predicted molar refractivity (Wildman–Crippen MR) is 119 cm³/mol. The van der Waals surface area contributed by atoms with Gasteiger partial charge in [-0.2, -0.15) is 4.31 Å². The molecule has 3 heterocycles. The Morgan fingerprint density at radius 1 is 1.27 bits per heavy atom. The van der Waals surface area contributed by atoms with Gasteiger partial charge in [-0.1, -0.05) is 17.7 Å². The molecule has 1 aromatic carbocycles. The summed E-state index contributed by atoms with van der Waals surface area (Å²) in [5.74, 6) is -0.165. The van der Waals surface area contributed by atoms with E-state index in [0.29, 0.717) is 31.1 Å². The summed E-state index contributed by atoms with van der Waals surface area (Å²) in [7, 11) is -2.30. The van der Waals surface area contributed by atoms with Gasteiger partial charge >= 0.3 is 0 Å². The molecule has 1 aliphatic heterocycles. The average molecular weight is 465 g/mol. The van der Waals surface area contributed by atoms with Gasteiger partial charge in [0.15, 0.2) is 0 Å². The van der Waals surface area contributed by atoms with Gasteiger partial charge in [-0.3, -0.25) is 9.78 Å². The van der Waals surface area contributed by atoms with Crippen molar-refractivity contribution in [1.29, 1.82) is 0 Å². The van der Waals surface area contributed by atoms with E-state index in [-0.39, 0.29) is 10.1 Å². The molecular weight excluding hydrogens is 444 g/mol. The standard InChI is InChI=1S/C20H21ClN4O3S2/c1-24(30(27,28)19-12-14-2-3-15(21)13-18(14)29-19)17-6-10-25(20(17)26)11-9-23-16-4-7-22-8-5-16/h2-5,7-8,12-13,17H,6,9-11H2,1H3,(H,22,23). The SMILES string of the molecule is CN(C1CCN(CCNc2ccncc2)C1=O)S(=O)(=O)c1cc2ccc(Cl)cc2s1. The summed E-state index contributed by atoms with van der Waals surface area (Å²) in [6.07, 6.45) is 3.86. The molecule has 0 aliphatic carbocycles. The van der Waals surface area contributed by atoms with E-state index in [1.54, 1.807) is 41.6 Å². The summed E-state index contributed by atoms with van der Waals surface area (Å²) in [4.78, 5) is 18.5. The first-order chi connectivity index (χ1) is 14.4. The van der Waals surface area contributed by atoms with Gasteiger partial charge in [0.25, 0.3) is 10.0 Å². The van der Waals surface area contributed by atoms with E-state index in [4.69, 9.17) is 11.6 Å². The molecule has 158 valence electrons. The number of benzene rings is 1. The first-order valence-electron chi connectivity index (χ1n) is 9.46. The number of likely N-dealkylation sites (tertiary alicyclic amines) is 1. The van der Waals surface area contributed by atoms with Crippen LogP contribution in [-0.4, -0.2) is 61.2 Å². The number of carbonyl (C=O) groups excluding carboxylic acids is 1. The highest BCUT2D eigenvalue weighted by atomic mass is 35.5. The highest BCUT2D eigenvalue weighted by Gasteiger charge is 2.40. The van der Waals surface area contributed by atoms with E-state index >= 15 is 0 Å². The molecule has 1 amide bonds. The van der Waals surface area contributed by atoms with Gasteiger partial charge < -0.3 is 10.2 Å². The number of rotatable bonds is 7. The van der Waals surface area contributed by atoms with Gasteiger partial charge in [-0.15, -0.1) is 11.3 Å². The van der Waals surface area contributed by atoms with Crippen LogP contribution in [-0.2, 0) is 14.8 Å². The number of sulfonamides is 1. The minimum absolute atomic E-state index is 0.165. The summed E-state index contributed by atoms with van der Waals surface area (Å²) in [5.41, 5.74) is 0.928.